The Bertz CT molecular complexity index is 140. The summed E-state index contributed by atoms with van der Waals surface area (Å²) in [6.07, 6.45) is 2.07. The molecule has 0 rings (SSSR count). The highest BCUT2D eigenvalue weighted by molar-refractivity contribution is 5.64. The van der Waals surface area contributed by atoms with Crippen LogP contribution in [0, 0.1) is 0 Å². The second-order valence-electron chi connectivity index (χ2n) is 3.08. The van der Waals surface area contributed by atoms with Crippen LogP contribution in [0.2, 0.25) is 0 Å². The molecule has 0 aromatic rings. The second kappa shape index (κ2) is 7.86. The zero-order valence-corrected chi connectivity index (χ0v) is 8.55. The summed E-state index contributed by atoms with van der Waals surface area (Å²) < 4.78 is 0. The number of nitrogens with one attached hydrogen (secondary N) is 1. The number of hydrogen-bond donors (Lipinski definition) is 2. The Hall–Kier alpha value is -0.770. The van der Waals surface area contributed by atoms with Crippen molar-refractivity contribution in [3.8, 4) is 0 Å². The first-order valence-electron chi connectivity index (χ1n) is 4.84. The number of rotatable bonds is 7. The quantitative estimate of drug-likeness (QED) is 0.593. The molecule has 0 fully saturated rings. The standard InChI is InChI=1S/C9H20N2O2/c1-3-4-7-11(9(12)13)8-5-6-10-2/h10H,3-8H2,1-2H3,(H,12,13). The fourth-order valence-corrected chi connectivity index (χ4v) is 1.10. The van der Waals surface area contributed by atoms with Gasteiger partial charge >= 0.3 is 6.09 Å². The summed E-state index contributed by atoms with van der Waals surface area (Å²) in [7, 11) is 1.87. The summed E-state index contributed by atoms with van der Waals surface area (Å²) in [6.45, 7) is 4.23. The molecule has 13 heavy (non-hydrogen) atoms. The van der Waals surface area contributed by atoms with Crippen molar-refractivity contribution in [2.75, 3.05) is 26.7 Å². The van der Waals surface area contributed by atoms with Gasteiger partial charge in [-0.15, -0.1) is 0 Å². The molecule has 0 radical (unpaired) electrons. The SMILES string of the molecule is CCCCN(CCCNC)C(=O)O. The molecule has 4 nitrogen and oxygen atoms in total. The minimum absolute atomic E-state index is 0.635. The van der Waals surface area contributed by atoms with Crippen molar-refractivity contribution in [1.82, 2.24) is 10.2 Å². The van der Waals surface area contributed by atoms with Crippen molar-refractivity contribution in [3.05, 3.63) is 0 Å². The van der Waals surface area contributed by atoms with E-state index in [1.807, 2.05) is 7.05 Å². The fourth-order valence-electron chi connectivity index (χ4n) is 1.10. The maximum atomic E-state index is 10.7. The highest BCUT2D eigenvalue weighted by atomic mass is 16.4. The Morgan fingerprint density at radius 1 is 1.38 bits per heavy atom. The van der Waals surface area contributed by atoms with Crippen LogP contribution >= 0.6 is 0 Å². The molecule has 0 aliphatic carbocycles. The van der Waals surface area contributed by atoms with Crippen molar-refractivity contribution in [3.63, 3.8) is 0 Å². The van der Waals surface area contributed by atoms with Crippen molar-refractivity contribution in [2.24, 2.45) is 0 Å². The zero-order valence-electron chi connectivity index (χ0n) is 8.55. The first-order valence-corrected chi connectivity index (χ1v) is 4.84. The normalized spacial score (nSPS) is 10.0. The van der Waals surface area contributed by atoms with E-state index in [0.29, 0.717) is 13.1 Å². The summed E-state index contributed by atoms with van der Waals surface area (Å²) in [4.78, 5) is 12.2. The summed E-state index contributed by atoms with van der Waals surface area (Å²) in [5.74, 6) is 0. The van der Waals surface area contributed by atoms with Crippen LogP contribution in [0.5, 0.6) is 0 Å². The predicted octanol–water partition coefficient (Wildman–Crippen LogP) is 1.38. The second-order valence-corrected chi connectivity index (χ2v) is 3.08. The van der Waals surface area contributed by atoms with Crippen molar-refractivity contribution >= 4 is 6.09 Å². The van der Waals surface area contributed by atoms with Crippen molar-refractivity contribution < 1.29 is 9.90 Å². The molecule has 78 valence electrons. The molecule has 0 aromatic carbocycles. The van der Waals surface area contributed by atoms with Crippen LogP contribution in [0.25, 0.3) is 0 Å². The van der Waals surface area contributed by atoms with E-state index in [1.54, 1.807) is 0 Å². The molecule has 0 atom stereocenters. The Morgan fingerprint density at radius 3 is 2.46 bits per heavy atom. The minimum Gasteiger partial charge on any atom is -0.465 e. The van der Waals surface area contributed by atoms with E-state index in [9.17, 15) is 4.79 Å². The summed E-state index contributed by atoms with van der Waals surface area (Å²) in [5.41, 5.74) is 0. The average molecular weight is 188 g/mol. The lowest BCUT2D eigenvalue weighted by Gasteiger charge is -2.18. The van der Waals surface area contributed by atoms with Gasteiger partial charge in [-0.1, -0.05) is 13.3 Å². The van der Waals surface area contributed by atoms with Gasteiger partial charge in [0.15, 0.2) is 0 Å². The fraction of sp³-hybridized carbons (Fsp3) is 0.889. The number of amides is 1. The van der Waals surface area contributed by atoms with E-state index in [1.165, 1.54) is 4.90 Å². The lowest BCUT2D eigenvalue weighted by atomic mass is 10.3. The third kappa shape index (κ3) is 6.40. The monoisotopic (exact) mass is 188 g/mol. The van der Waals surface area contributed by atoms with E-state index >= 15 is 0 Å². The molecular formula is C9H20N2O2. The van der Waals surface area contributed by atoms with E-state index in [4.69, 9.17) is 5.11 Å². The van der Waals surface area contributed by atoms with E-state index in [2.05, 4.69) is 12.2 Å². The molecule has 2 N–H and O–H groups in total. The Balaban J connectivity index is 3.61. The number of carboxylic acid groups (broad SMARTS) is 1. The number of carbonyl (C=O) groups is 1. The molecule has 0 saturated heterocycles. The van der Waals surface area contributed by atoms with Crippen molar-refractivity contribution in [2.45, 2.75) is 26.2 Å². The van der Waals surface area contributed by atoms with Crippen LogP contribution in [0.1, 0.15) is 26.2 Å². The predicted molar refractivity (Wildman–Crippen MR) is 53.0 cm³/mol. The Kier molecular flexibility index (Phi) is 7.39. The van der Waals surface area contributed by atoms with Crippen molar-refractivity contribution in [1.29, 1.82) is 0 Å². The first kappa shape index (κ1) is 12.2. The lowest BCUT2D eigenvalue weighted by molar-refractivity contribution is 0.144. The van der Waals surface area contributed by atoms with Crippen LogP contribution in [-0.4, -0.2) is 42.8 Å². The Morgan fingerprint density at radius 2 is 2.00 bits per heavy atom. The topological polar surface area (TPSA) is 52.6 Å². The van der Waals surface area contributed by atoms with Crippen LogP contribution in [0.15, 0.2) is 0 Å². The molecule has 0 unspecified atom stereocenters. The van der Waals surface area contributed by atoms with Gasteiger partial charge in [-0.3, -0.25) is 0 Å². The van der Waals surface area contributed by atoms with E-state index in [-0.39, 0.29) is 0 Å². The average Bonchev–Trinajstić information content (AvgIpc) is 2.10. The van der Waals surface area contributed by atoms with E-state index < -0.39 is 6.09 Å². The van der Waals surface area contributed by atoms with Gasteiger partial charge < -0.3 is 15.3 Å². The summed E-state index contributed by atoms with van der Waals surface area (Å²) >= 11 is 0. The molecule has 0 aromatic heterocycles. The van der Waals surface area contributed by atoms with Crippen LogP contribution in [0.3, 0.4) is 0 Å². The lowest BCUT2D eigenvalue weighted by Crippen LogP contribution is -2.32. The molecule has 0 bridgehead atoms. The molecule has 4 heteroatoms. The zero-order chi connectivity index (χ0) is 10.1. The molecule has 0 spiro atoms. The third-order valence-corrected chi connectivity index (χ3v) is 1.91. The molecule has 0 heterocycles. The number of nitrogens with zero attached hydrogens (tertiary/aromatic N) is 1. The molecular weight excluding hydrogens is 168 g/mol. The molecule has 1 amide bonds. The largest absolute Gasteiger partial charge is 0.465 e. The maximum Gasteiger partial charge on any atom is 0.407 e. The third-order valence-electron chi connectivity index (χ3n) is 1.91. The van der Waals surface area contributed by atoms with Crippen LogP contribution in [0.4, 0.5) is 4.79 Å². The van der Waals surface area contributed by atoms with E-state index in [0.717, 1.165) is 25.8 Å². The van der Waals surface area contributed by atoms with Gasteiger partial charge in [0, 0.05) is 13.1 Å². The smallest absolute Gasteiger partial charge is 0.407 e. The summed E-state index contributed by atoms with van der Waals surface area (Å²) in [5, 5.41) is 11.8. The van der Waals surface area contributed by atoms with Gasteiger partial charge in [0.25, 0.3) is 0 Å². The van der Waals surface area contributed by atoms with Gasteiger partial charge in [0.05, 0.1) is 0 Å². The number of hydrogen-bond acceptors (Lipinski definition) is 2. The highest BCUT2D eigenvalue weighted by Crippen LogP contribution is 1.97. The maximum absolute atomic E-state index is 10.7. The Labute approximate surface area is 79.9 Å². The molecule has 0 saturated carbocycles. The van der Waals surface area contributed by atoms with Gasteiger partial charge in [-0.25, -0.2) is 4.79 Å². The number of unbranched alkanes of at least 4 members (excludes halogenated alkanes) is 1. The van der Waals surface area contributed by atoms with Crippen LogP contribution in [-0.2, 0) is 0 Å². The van der Waals surface area contributed by atoms with Gasteiger partial charge in [-0.2, -0.15) is 0 Å². The summed E-state index contributed by atoms with van der Waals surface area (Å²) in [6, 6.07) is 0. The van der Waals surface area contributed by atoms with Gasteiger partial charge in [0.1, 0.15) is 0 Å². The first-order chi connectivity index (χ1) is 6.22. The molecule has 0 aliphatic heterocycles. The highest BCUT2D eigenvalue weighted by Gasteiger charge is 2.09. The minimum atomic E-state index is -0.801. The van der Waals surface area contributed by atoms with Gasteiger partial charge in [0.2, 0.25) is 0 Å². The van der Waals surface area contributed by atoms with Gasteiger partial charge in [-0.05, 0) is 26.4 Å². The molecule has 0 aliphatic rings. The van der Waals surface area contributed by atoms with Crippen LogP contribution < -0.4 is 5.32 Å².